The number of ether oxygens (including phenoxy) is 1. The Balaban J connectivity index is 1.42. The van der Waals surface area contributed by atoms with Gasteiger partial charge in [0, 0.05) is 23.2 Å². The van der Waals surface area contributed by atoms with Gasteiger partial charge in [-0.05, 0) is 46.0 Å². The molecule has 0 saturated carbocycles. The van der Waals surface area contributed by atoms with E-state index in [1.54, 1.807) is 6.92 Å². The SMILES string of the molecule is CN(C(=O)OCC1c2ccccc2-c2ccccc21)C(C)(C(=O)O)c1csc2ccccc12. The van der Waals surface area contributed by atoms with E-state index in [0.717, 1.165) is 32.3 Å². The maximum atomic E-state index is 13.1. The zero-order chi connectivity index (χ0) is 23.2. The average Bonchev–Trinajstić information content (AvgIpc) is 3.41. The van der Waals surface area contributed by atoms with E-state index in [2.05, 4.69) is 24.3 Å². The number of carbonyl (C=O) groups excluding carboxylic acids is 1. The van der Waals surface area contributed by atoms with Gasteiger partial charge in [0.25, 0.3) is 0 Å². The summed E-state index contributed by atoms with van der Waals surface area (Å²) in [5.74, 6) is -1.20. The van der Waals surface area contributed by atoms with E-state index in [9.17, 15) is 14.7 Å². The van der Waals surface area contributed by atoms with Gasteiger partial charge in [-0.15, -0.1) is 11.3 Å². The van der Waals surface area contributed by atoms with Crippen molar-refractivity contribution in [1.29, 1.82) is 0 Å². The number of fused-ring (bicyclic) bond motifs is 4. The number of rotatable bonds is 5. The monoisotopic (exact) mass is 457 g/mol. The highest BCUT2D eigenvalue weighted by Gasteiger charge is 2.44. The fourth-order valence-corrected chi connectivity index (χ4v) is 5.73. The van der Waals surface area contributed by atoms with E-state index >= 15 is 0 Å². The first-order valence-electron chi connectivity index (χ1n) is 10.7. The molecule has 5 nitrogen and oxygen atoms in total. The van der Waals surface area contributed by atoms with E-state index in [1.165, 1.54) is 23.3 Å². The van der Waals surface area contributed by atoms with Crippen LogP contribution in [-0.4, -0.2) is 35.7 Å². The molecule has 0 saturated heterocycles. The topological polar surface area (TPSA) is 66.8 Å². The molecule has 0 spiro atoms. The van der Waals surface area contributed by atoms with Gasteiger partial charge in [-0.25, -0.2) is 9.59 Å². The molecule has 1 aromatic heterocycles. The van der Waals surface area contributed by atoms with E-state index in [0.29, 0.717) is 5.56 Å². The highest BCUT2D eigenvalue weighted by molar-refractivity contribution is 7.17. The highest BCUT2D eigenvalue weighted by atomic mass is 32.1. The van der Waals surface area contributed by atoms with Gasteiger partial charge >= 0.3 is 12.1 Å². The summed E-state index contributed by atoms with van der Waals surface area (Å²) in [7, 11) is 1.49. The molecule has 0 aliphatic heterocycles. The van der Waals surface area contributed by atoms with Gasteiger partial charge in [-0.2, -0.15) is 0 Å². The lowest BCUT2D eigenvalue weighted by atomic mass is 9.90. The molecule has 4 aromatic rings. The molecule has 0 fully saturated rings. The van der Waals surface area contributed by atoms with Crippen LogP contribution in [0.2, 0.25) is 0 Å². The highest BCUT2D eigenvalue weighted by Crippen LogP contribution is 2.45. The third kappa shape index (κ3) is 3.29. The van der Waals surface area contributed by atoms with Crippen molar-refractivity contribution in [3.05, 3.63) is 94.9 Å². The minimum absolute atomic E-state index is 0.0900. The Morgan fingerprint density at radius 3 is 2.18 bits per heavy atom. The second-order valence-corrected chi connectivity index (χ2v) is 9.30. The summed E-state index contributed by atoms with van der Waals surface area (Å²) in [6, 6.07) is 23.8. The minimum atomic E-state index is -1.57. The number of aliphatic carboxylic acids is 1. The van der Waals surface area contributed by atoms with Crippen molar-refractivity contribution in [3.63, 3.8) is 0 Å². The molecular formula is C27H23NO4S. The van der Waals surface area contributed by atoms with Gasteiger partial charge in [0.05, 0.1) is 0 Å². The van der Waals surface area contributed by atoms with E-state index < -0.39 is 17.6 Å². The number of likely N-dealkylation sites (N-methyl/N-ethyl adjacent to an activating group) is 1. The summed E-state index contributed by atoms with van der Waals surface area (Å²) in [5, 5.41) is 12.8. The van der Waals surface area contributed by atoms with Crippen LogP contribution in [-0.2, 0) is 15.1 Å². The third-order valence-electron chi connectivity index (χ3n) is 6.70. The number of nitrogens with zero attached hydrogens (tertiary/aromatic N) is 1. The summed E-state index contributed by atoms with van der Waals surface area (Å²) < 4.78 is 6.71. The Morgan fingerprint density at radius 2 is 1.55 bits per heavy atom. The Hall–Kier alpha value is -3.64. The number of thiophene rings is 1. The van der Waals surface area contributed by atoms with Gasteiger partial charge < -0.3 is 9.84 Å². The van der Waals surface area contributed by atoms with Crippen molar-refractivity contribution in [2.24, 2.45) is 0 Å². The van der Waals surface area contributed by atoms with E-state index in [1.807, 2.05) is 53.9 Å². The van der Waals surface area contributed by atoms with Gasteiger partial charge in [0.1, 0.15) is 6.61 Å². The van der Waals surface area contributed by atoms with Crippen LogP contribution < -0.4 is 0 Å². The van der Waals surface area contributed by atoms with Crippen molar-refractivity contribution >= 4 is 33.5 Å². The quantitative estimate of drug-likeness (QED) is 0.394. The molecule has 5 rings (SSSR count). The van der Waals surface area contributed by atoms with E-state index in [-0.39, 0.29) is 12.5 Å². The van der Waals surface area contributed by atoms with Crippen molar-refractivity contribution in [1.82, 2.24) is 4.90 Å². The smallest absolute Gasteiger partial charge is 0.410 e. The first kappa shape index (κ1) is 21.2. The maximum Gasteiger partial charge on any atom is 0.410 e. The third-order valence-corrected chi connectivity index (χ3v) is 7.67. The molecule has 1 amide bonds. The molecule has 1 heterocycles. The Bertz CT molecular complexity index is 1330. The molecule has 1 aliphatic carbocycles. The number of benzene rings is 3. The molecular weight excluding hydrogens is 434 g/mol. The standard InChI is InChI=1S/C27H23NO4S/c1-27(25(29)30,23-16-33-24-14-8-7-13-21(23)24)28(2)26(31)32-15-22-19-11-5-3-9-17(19)18-10-4-6-12-20(18)22/h3-14,16,22H,15H2,1-2H3,(H,29,30). The summed E-state index contributed by atoms with van der Waals surface area (Å²) >= 11 is 1.46. The van der Waals surface area contributed by atoms with Crippen LogP contribution in [0.3, 0.4) is 0 Å². The lowest BCUT2D eigenvalue weighted by molar-refractivity contribution is -0.149. The maximum absolute atomic E-state index is 13.1. The number of hydrogen-bond donors (Lipinski definition) is 1. The molecule has 3 aromatic carbocycles. The number of carboxylic acid groups (broad SMARTS) is 1. The molecule has 1 aliphatic rings. The first-order chi connectivity index (χ1) is 15.9. The predicted octanol–water partition coefficient (Wildman–Crippen LogP) is 6.08. The molecule has 0 bridgehead atoms. The van der Waals surface area contributed by atoms with Crippen LogP contribution >= 0.6 is 11.3 Å². The van der Waals surface area contributed by atoms with Gasteiger partial charge in [-0.1, -0.05) is 66.7 Å². The van der Waals surface area contributed by atoms with Gasteiger partial charge in [-0.3, -0.25) is 4.90 Å². The second-order valence-electron chi connectivity index (χ2n) is 8.39. The second kappa shape index (κ2) is 8.05. The van der Waals surface area contributed by atoms with Crippen molar-refractivity contribution < 1.29 is 19.4 Å². The summed E-state index contributed by atoms with van der Waals surface area (Å²) in [5.41, 5.74) is 3.51. The number of amides is 1. The normalized spacial score (nSPS) is 14.4. The number of carboxylic acids is 1. The van der Waals surface area contributed by atoms with Crippen molar-refractivity contribution in [2.45, 2.75) is 18.4 Å². The minimum Gasteiger partial charge on any atom is -0.479 e. The summed E-state index contributed by atoms with van der Waals surface area (Å²) in [6.45, 7) is 1.68. The fraction of sp³-hybridized carbons (Fsp3) is 0.185. The van der Waals surface area contributed by atoms with Crippen LogP contribution in [0.5, 0.6) is 0 Å². The molecule has 166 valence electrons. The Morgan fingerprint density at radius 1 is 0.970 bits per heavy atom. The van der Waals surface area contributed by atoms with Crippen molar-refractivity contribution in [2.75, 3.05) is 13.7 Å². The molecule has 33 heavy (non-hydrogen) atoms. The van der Waals surface area contributed by atoms with Crippen LogP contribution in [0.25, 0.3) is 21.2 Å². The van der Waals surface area contributed by atoms with Crippen LogP contribution in [0.4, 0.5) is 4.79 Å². The molecule has 1 unspecified atom stereocenters. The van der Waals surface area contributed by atoms with Crippen molar-refractivity contribution in [3.8, 4) is 11.1 Å². The summed E-state index contributed by atoms with van der Waals surface area (Å²) in [4.78, 5) is 26.8. The van der Waals surface area contributed by atoms with Crippen LogP contribution in [0.15, 0.2) is 78.2 Å². The average molecular weight is 458 g/mol. The van der Waals surface area contributed by atoms with Gasteiger partial charge in [0.15, 0.2) is 5.54 Å². The Kier molecular flexibility index (Phi) is 5.17. The van der Waals surface area contributed by atoms with Crippen LogP contribution in [0.1, 0.15) is 29.5 Å². The number of hydrogen-bond acceptors (Lipinski definition) is 4. The van der Waals surface area contributed by atoms with Gasteiger partial charge in [0.2, 0.25) is 0 Å². The molecule has 0 radical (unpaired) electrons. The zero-order valence-corrected chi connectivity index (χ0v) is 19.1. The zero-order valence-electron chi connectivity index (χ0n) is 18.3. The largest absolute Gasteiger partial charge is 0.479 e. The summed E-state index contributed by atoms with van der Waals surface area (Å²) in [6.07, 6.45) is -0.669. The number of carbonyl (C=O) groups is 2. The lowest BCUT2D eigenvalue weighted by Gasteiger charge is -2.34. The Labute approximate surface area is 195 Å². The fourth-order valence-electron chi connectivity index (χ4n) is 4.67. The first-order valence-corrected chi connectivity index (χ1v) is 11.6. The predicted molar refractivity (Wildman–Crippen MR) is 130 cm³/mol. The van der Waals surface area contributed by atoms with Crippen LogP contribution in [0, 0.1) is 0 Å². The molecule has 1 atom stereocenters. The van der Waals surface area contributed by atoms with E-state index in [4.69, 9.17) is 4.74 Å². The molecule has 6 heteroatoms. The molecule has 1 N–H and O–H groups in total. The lowest BCUT2D eigenvalue weighted by Crippen LogP contribution is -2.50.